The molecule has 0 aliphatic carbocycles. The predicted molar refractivity (Wildman–Crippen MR) is 126 cm³/mol. The molecular weight excluding hydrogens is 422 g/mol. The summed E-state index contributed by atoms with van der Waals surface area (Å²) < 4.78 is 23.9. The van der Waals surface area contributed by atoms with Crippen LogP contribution in [0.2, 0.25) is 0 Å². The first-order valence-electron chi connectivity index (χ1n) is 10.8. The molecule has 0 unspecified atom stereocenters. The smallest absolute Gasteiger partial charge is 0.270 e. The van der Waals surface area contributed by atoms with Crippen LogP contribution < -0.4 is 18.9 Å². The number of hydrogen-bond acceptors (Lipinski definition) is 5. The molecule has 5 rings (SSSR count). The van der Waals surface area contributed by atoms with Gasteiger partial charge in [0.2, 0.25) is 5.75 Å². The maximum Gasteiger partial charge on any atom is 0.270 e. The molecule has 3 heterocycles. The lowest BCUT2D eigenvalue weighted by Gasteiger charge is -2.27. The Morgan fingerprint density at radius 1 is 0.970 bits per heavy atom. The van der Waals surface area contributed by atoms with Crippen molar-refractivity contribution < 1.29 is 23.7 Å². The van der Waals surface area contributed by atoms with Crippen LogP contribution in [0.1, 0.15) is 21.7 Å². The van der Waals surface area contributed by atoms with E-state index in [0.29, 0.717) is 36.0 Å². The van der Waals surface area contributed by atoms with E-state index in [1.807, 2.05) is 46.8 Å². The molecule has 33 heavy (non-hydrogen) atoms. The van der Waals surface area contributed by atoms with Crippen molar-refractivity contribution >= 4 is 27.7 Å². The first-order valence-corrected chi connectivity index (χ1v) is 10.8. The van der Waals surface area contributed by atoms with E-state index in [1.165, 1.54) is 5.69 Å². The van der Waals surface area contributed by atoms with Crippen molar-refractivity contribution in [1.29, 1.82) is 0 Å². The quantitative estimate of drug-likeness (QED) is 0.500. The number of nitrogens with zero attached hydrogens (tertiary/aromatic N) is 2. The van der Waals surface area contributed by atoms with E-state index in [4.69, 9.17) is 18.9 Å². The van der Waals surface area contributed by atoms with E-state index in [2.05, 4.69) is 4.98 Å². The molecule has 0 radical (unpaired) electrons. The van der Waals surface area contributed by atoms with Crippen molar-refractivity contribution in [2.45, 2.75) is 13.0 Å². The highest BCUT2D eigenvalue weighted by atomic mass is 16.5. The summed E-state index contributed by atoms with van der Waals surface area (Å²) in [5, 5.41) is 1.94. The molecule has 0 saturated carbocycles. The average Bonchev–Trinajstić information content (AvgIpc) is 3.38. The molecule has 0 spiro atoms. The summed E-state index contributed by atoms with van der Waals surface area (Å²) in [5.74, 6) is 2.37. The zero-order chi connectivity index (χ0) is 23.3. The number of rotatable bonds is 5. The topological polar surface area (TPSA) is 78.0 Å². The number of aromatic nitrogens is 2. The second-order valence-corrected chi connectivity index (χ2v) is 8.14. The first kappa shape index (κ1) is 21.1. The molecule has 1 aliphatic heterocycles. The van der Waals surface area contributed by atoms with Gasteiger partial charge in [-0.05, 0) is 30.3 Å². The Kier molecular flexibility index (Phi) is 5.08. The van der Waals surface area contributed by atoms with E-state index in [-0.39, 0.29) is 5.91 Å². The molecule has 8 heteroatoms. The molecule has 1 amide bonds. The number of benzene rings is 2. The molecule has 2 aromatic carbocycles. The lowest BCUT2D eigenvalue weighted by atomic mass is 10.0. The van der Waals surface area contributed by atoms with Crippen LogP contribution in [0.25, 0.3) is 21.8 Å². The number of fused-ring (bicyclic) bond motifs is 4. The fourth-order valence-electron chi connectivity index (χ4n) is 4.84. The Hall–Kier alpha value is -3.81. The van der Waals surface area contributed by atoms with Crippen LogP contribution in [0.5, 0.6) is 23.0 Å². The second-order valence-electron chi connectivity index (χ2n) is 8.14. The molecule has 2 aromatic heterocycles. The van der Waals surface area contributed by atoms with Gasteiger partial charge in [0, 0.05) is 54.1 Å². The Morgan fingerprint density at radius 3 is 2.45 bits per heavy atom. The average molecular weight is 450 g/mol. The minimum absolute atomic E-state index is 0.0309. The van der Waals surface area contributed by atoms with Crippen molar-refractivity contribution in [2.24, 2.45) is 7.05 Å². The van der Waals surface area contributed by atoms with Crippen LogP contribution in [0.15, 0.2) is 30.3 Å². The number of amides is 1. The normalized spacial score (nSPS) is 13.3. The maximum atomic E-state index is 13.7. The summed E-state index contributed by atoms with van der Waals surface area (Å²) in [6.07, 6.45) is 0.771. The zero-order valence-electron chi connectivity index (χ0n) is 19.4. The summed E-state index contributed by atoms with van der Waals surface area (Å²) >= 11 is 0. The van der Waals surface area contributed by atoms with Crippen LogP contribution in [0.3, 0.4) is 0 Å². The summed E-state index contributed by atoms with van der Waals surface area (Å²) in [6, 6.07) is 9.75. The van der Waals surface area contributed by atoms with Crippen LogP contribution in [0.4, 0.5) is 0 Å². The second kappa shape index (κ2) is 7.95. The van der Waals surface area contributed by atoms with Gasteiger partial charge in [0.05, 0.1) is 34.0 Å². The highest BCUT2D eigenvalue weighted by Gasteiger charge is 2.28. The Balaban J connectivity index is 1.55. The number of hydrogen-bond donors (Lipinski definition) is 1. The van der Waals surface area contributed by atoms with E-state index >= 15 is 0 Å². The third-order valence-corrected chi connectivity index (χ3v) is 6.51. The highest BCUT2D eigenvalue weighted by Crippen LogP contribution is 2.44. The third-order valence-electron chi connectivity index (χ3n) is 6.51. The molecule has 4 aromatic rings. The van der Waals surface area contributed by atoms with Gasteiger partial charge < -0.3 is 33.4 Å². The van der Waals surface area contributed by atoms with Gasteiger partial charge in [-0.25, -0.2) is 0 Å². The molecular formula is C25H27N3O5. The lowest BCUT2D eigenvalue weighted by Crippen LogP contribution is -2.36. The van der Waals surface area contributed by atoms with E-state index in [1.54, 1.807) is 28.4 Å². The van der Waals surface area contributed by atoms with Crippen LogP contribution in [0, 0.1) is 0 Å². The van der Waals surface area contributed by atoms with Gasteiger partial charge in [-0.15, -0.1) is 0 Å². The molecule has 0 saturated heterocycles. The molecule has 1 N–H and O–H groups in total. The first-order chi connectivity index (χ1) is 16.0. The Bertz CT molecular complexity index is 1380. The van der Waals surface area contributed by atoms with Crippen molar-refractivity contribution in [3.05, 3.63) is 47.3 Å². The molecule has 0 fully saturated rings. The fourth-order valence-corrected chi connectivity index (χ4v) is 4.84. The summed E-state index contributed by atoms with van der Waals surface area (Å²) in [4.78, 5) is 19.0. The number of aromatic amines is 1. The van der Waals surface area contributed by atoms with Gasteiger partial charge in [0.25, 0.3) is 5.91 Å². The van der Waals surface area contributed by atoms with Gasteiger partial charge >= 0.3 is 0 Å². The number of H-pyrrole nitrogens is 1. The number of carbonyl (C=O) groups is 1. The maximum absolute atomic E-state index is 13.7. The number of nitrogens with one attached hydrogen (secondary N) is 1. The van der Waals surface area contributed by atoms with Crippen molar-refractivity contribution in [3.63, 3.8) is 0 Å². The number of ether oxygens (including phenoxy) is 4. The zero-order valence-corrected chi connectivity index (χ0v) is 19.4. The molecule has 172 valence electrons. The van der Waals surface area contributed by atoms with E-state index in [9.17, 15) is 4.79 Å². The number of methoxy groups -OCH3 is 4. The standard InChI is InChI=1S/C25H27N3O5/c1-27-20(10-14-11-21(31-3)23(32-4)24(33-5)22(14)27)25(29)28-9-8-19-17(13-28)16-12-15(30-2)6-7-18(16)26-19/h6-7,10-12,26H,8-9,13H2,1-5H3. The number of carbonyl (C=O) groups excluding carboxylic acids is 1. The minimum Gasteiger partial charge on any atom is -0.497 e. The van der Waals surface area contributed by atoms with E-state index in [0.717, 1.165) is 39.5 Å². The van der Waals surface area contributed by atoms with Crippen molar-refractivity contribution in [2.75, 3.05) is 35.0 Å². The molecule has 0 atom stereocenters. The van der Waals surface area contributed by atoms with Crippen molar-refractivity contribution in [3.8, 4) is 23.0 Å². The SMILES string of the molecule is COc1ccc2[nH]c3c(c2c1)CN(C(=O)c1cc2cc(OC)c(OC)c(OC)c2n1C)CC3. The monoisotopic (exact) mass is 449 g/mol. The lowest BCUT2D eigenvalue weighted by molar-refractivity contribution is 0.0726. The Labute approximate surface area is 191 Å². The van der Waals surface area contributed by atoms with Gasteiger partial charge in [-0.2, -0.15) is 0 Å². The van der Waals surface area contributed by atoms with Gasteiger partial charge in [-0.3, -0.25) is 4.79 Å². The molecule has 8 nitrogen and oxygen atoms in total. The highest BCUT2D eigenvalue weighted by molar-refractivity contribution is 6.02. The van der Waals surface area contributed by atoms with Crippen LogP contribution >= 0.6 is 0 Å². The Morgan fingerprint density at radius 2 is 1.76 bits per heavy atom. The van der Waals surface area contributed by atoms with Crippen LogP contribution in [-0.2, 0) is 20.0 Å². The van der Waals surface area contributed by atoms with Gasteiger partial charge in [0.15, 0.2) is 11.5 Å². The summed E-state index contributed by atoms with van der Waals surface area (Å²) in [7, 11) is 8.27. The summed E-state index contributed by atoms with van der Waals surface area (Å²) in [5.41, 5.74) is 4.75. The van der Waals surface area contributed by atoms with Gasteiger partial charge in [-0.1, -0.05) is 0 Å². The minimum atomic E-state index is -0.0309. The summed E-state index contributed by atoms with van der Waals surface area (Å²) in [6.45, 7) is 1.17. The van der Waals surface area contributed by atoms with E-state index < -0.39 is 0 Å². The van der Waals surface area contributed by atoms with Crippen LogP contribution in [-0.4, -0.2) is 55.3 Å². The largest absolute Gasteiger partial charge is 0.497 e. The van der Waals surface area contributed by atoms with Gasteiger partial charge in [0.1, 0.15) is 11.4 Å². The third kappa shape index (κ3) is 3.16. The predicted octanol–water partition coefficient (Wildman–Crippen LogP) is 3.89. The fraction of sp³-hybridized carbons (Fsp3) is 0.320. The molecule has 1 aliphatic rings. The molecule has 0 bridgehead atoms. The number of aryl methyl sites for hydroxylation is 1. The van der Waals surface area contributed by atoms with Crippen molar-refractivity contribution in [1.82, 2.24) is 14.5 Å².